The Morgan fingerprint density at radius 1 is 1.16 bits per heavy atom. The van der Waals surface area contributed by atoms with Gasteiger partial charge in [0.1, 0.15) is 0 Å². The van der Waals surface area contributed by atoms with Crippen molar-refractivity contribution in [2.45, 2.75) is 40.2 Å². The fourth-order valence-corrected chi connectivity index (χ4v) is 2.21. The van der Waals surface area contributed by atoms with Crippen LogP contribution in [0.15, 0.2) is 22.7 Å². The molecule has 4 heteroatoms. The van der Waals surface area contributed by atoms with Gasteiger partial charge < -0.3 is 9.84 Å². The van der Waals surface area contributed by atoms with Gasteiger partial charge in [-0.25, -0.2) is 0 Å². The number of aromatic nitrogens is 2. The molecule has 0 aliphatic rings. The van der Waals surface area contributed by atoms with Gasteiger partial charge in [-0.15, -0.1) is 0 Å². The van der Waals surface area contributed by atoms with Crippen LogP contribution < -0.4 is 5.32 Å². The Kier molecular flexibility index (Phi) is 4.32. The molecule has 0 aliphatic carbocycles. The van der Waals surface area contributed by atoms with E-state index >= 15 is 0 Å². The van der Waals surface area contributed by atoms with E-state index in [1.165, 1.54) is 16.7 Å². The van der Waals surface area contributed by atoms with Crippen LogP contribution >= 0.6 is 0 Å². The summed E-state index contributed by atoms with van der Waals surface area (Å²) in [6.07, 6.45) is 0.760. The van der Waals surface area contributed by atoms with Crippen molar-refractivity contribution in [3.63, 3.8) is 0 Å². The topological polar surface area (TPSA) is 51.0 Å². The molecule has 0 saturated carbocycles. The molecule has 0 bridgehead atoms. The molecular formula is C15H21N3O. The van der Waals surface area contributed by atoms with Crippen LogP contribution in [0.1, 0.15) is 41.4 Å². The largest absolute Gasteiger partial charge is 0.339 e. The van der Waals surface area contributed by atoms with Gasteiger partial charge in [-0.05, 0) is 33.3 Å². The van der Waals surface area contributed by atoms with Gasteiger partial charge >= 0.3 is 0 Å². The summed E-state index contributed by atoms with van der Waals surface area (Å²) >= 11 is 0. The first kappa shape index (κ1) is 13.7. The minimum absolute atomic E-state index is 0.322. The van der Waals surface area contributed by atoms with Crippen molar-refractivity contribution in [3.8, 4) is 0 Å². The zero-order chi connectivity index (χ0) is 13.8. The normalized spacial score (nSPS) is 12.6. The first-order valence-corrected chi connectivity index (χ1v) is 6.65. The predicted octanol–water partition coefficient (Wildman–Crippen LogP) is 2.89. The molecule has 1 N–H and O–H groups in total. The van der Waals surface area contributed by atoms with Crippen molar-refractivity contribution in [3.05, 3.63) is 46.6 Å². The Morgan fingerprint density at radius 3 is 2.42 bits per heavy atom. The lowest BCUT2D eigenvalue weighted by atomic mass is 10.0. The van der Waals surface area contributed by atoms with Gasteiger partial charge in [-0.2, -0.15) is 4.98 Å². The summed E-state index contributed by atoms with van der Waals surface area (Å²) in [4.78, 5) is 4.19. The summed E-state index contributed by atoms with van der Waals surface area (Å²) in [7, 11) is 0. The van der Waals surface area contributed by atoms with Gasteiger partial charge in [-0.3, -0.25) is 0 Å². The van der Waals surface area contributed by atoms with Gasteiger partial charge in [0, 0.05) is 19.0 Å². The van der Waals surface area contributed by atoms with Crippen LogP contribution in [0.25, 0.3) is 0 Å². The lowest BCUT2D eigenvalue weighted by Gasteiger charge is -2.15. The molecule has 1 unspecified atom stereocenters. The van der Waals surface area contributed by atoms with E-state index in [1.54, 1.807) is 0 Å². The maximum Gasteiger partial charge on any atom is 0.227 e. The van der Waals surface area contributed by atoms with Gasteiger partial charge in [0.15, 0.2) is 5.82 Å². The number of benzene rings is 1. The van der Waals surface area contributed by atoms with Crippen LogP contribution in [0.4, 0.5) is 0 Å². The predicted molar refractivity (Wildman–Crippen MR) is 75.1 cm³/mol. The molecule has 0 fully saturated rings. The van der Waals surface area contributed by atoms with Crippen molar-refractivity contribution < 1.29 is 4.52 Å². The molecule has 1 heterocycles. The molecule has 2 rings (SSSR count). The molecule has 0 amide bonds. The highest BCUT2D eigenvalue weighted by atomic mass is 16.5. The highest BCUT2D eigenvalue weighted by molar-refractivity contribution is 5.30. The molecule has 1 aromatic carbocycles. The molecule has 0 radical (unpaired) electrons. The second kappa shape index (κ2) is 5.97. The van der Waals surface area contributed by atoms with Gasteiger partial charge in [0.2, 0.25) is 5.89 Å². The molecular weight excluding hydrogens is 238 g/mol. The van der Waals surface area contributed by atoms with Crippen molar-refractivity contribution in [2.24, 2.45) is 0 Å². The quantitative estimate of drug-likeness (QED) is 0.897. The van der Waals surface area contributed by atoms with E-state index in [0.717, 1.165) is 13.0 Å². The van der Waals surface area contributed by atoms with Gasteiger partial charge in [-0.1, -0.05) is 34.5 Å². The van der Waals surface area contributed by atoms with E-state index in [-0.39, 0.29) is 0 Å². The van der Waals surface area contributed by atoms with Crippen LogP contribution in [-0.2, 0) is 6.42 Å². The second-order valence-corrected chi connectivity index (χ2v) is 5.08. The Hall–Kier alpha value is -1.68. The lowest BCUT2D eigenvalue weighted by molar-refractivity contribution is 0.370. The van der Waals surface area contributed by atoms with Crippen molar-refractivity contribution >= 4 is 0 Å². The first-order chi connectivity index (χ1) is 9.04. The summed E-state index contributed by atoms with van der Waals surface area (Å²) in [5, 5.41) is 7.27. The summed E-state index contributed by atoms with van der Waals surface area (Å²) in [6, 6.07) is 6.96. The molecule has 4 nitrogen and oxygen atoms in total. The highest BCUT2D eigenvalue weighted by Gasteiger charge is 2.07. The average molecular weight is 259 g/mol. The van der Waals surface area contributed by atoms with E-state index in [1.807, 2.05) is 6.92 Å². The Bertz CT molecular complexity index is 528. The van der Waals surface area contributed by atoms with Crippen molar-refractivity contribution in [2.75, 3.05) is 6.54 Å². The Balaban J connectivity index is 1.88. The SMILES string of the molecule is Cc1cc(C)cc(C(C)NCCc2nc(C)no2)c1. The zero-order valence-corrected chi connectivity index (χ0v) is 12.0. The third-order valence-electron chi connectivity index (χ3n) is 3.10. The van der Waals surface area contributed by atoms with Crippen LogP contribution in [0.3, 0.4) is 0 Å². The van der Waals surface area contributed by atoms with E-state index in [4.69, 9.17) is 4.52 Å². The average Bonchev–Trinajstić information content (AvgIpc) is 2.73. The first-order valence-electron chi connectivity index (χ1n) is 6.65. The molecule has 0 saturated heterocycles. The third kappa shape index (κ3) is 3.89. The van der Waals surface area contributed by atoms with Crippen LogP contribution in [-0.4, -0.2) is 16.7 Å². The number of nitrogens with one attached hydrogen (secondary N) is 1. The fraction of sp³-hybridized carbons (Fsp3) is 0.467. The van der Waals surface area contributed by atoms with Gasteiger partial charge in [0.05, 0.1) is 0 Å². The molecule has 2 aromatic rings. The molecule has 19 heavy (non-hydrogen) atoms. The van der Waals surface area contributed by atoms with Crippen LogP contribution in [0, 0.1) is 20.8 Å². The van der Waals surface area contributed by atoms with Crippen molar-refractivity contribution in [1.29, 1.82) is 0 Å². The summed E-state index contributed by atoms with van der Waals surface area (Å²) in [5.74, 6) is 1.38. The maximum atomic E-state index is 5.09. The van der Waals surface area contributed by atoms with Crippen LogP contribution in [0.2, 0.25) is 0 Å². The van der Waals surface area contributed by atoms with E-state index < -0.39 is 0 Å². The number of hydrogen-bond donors (Lipinski definition) is 1. The van der Waals surface area contributed by atoms with E-state index in [2.05, 4.69) is 54.4 Å². The highest BCUT2D eigenvalue weighted by Crippen LogP contribution is 2.16. The maximum absolute atomic E-state index is 5.09. The zero-order valence-electron chi connectivity index (χ0n) is 12.0. The molecule has 1 atom stereocenters. The molecule has 102 valence electrons. The minimum Gasteiger partial charge on any atom is -0.339 e. The van der Waals surface area contributed by atoms with Gasteiger partial charge in [0.25, 0.3) is 0 Å². The molecule has 0 spiro atoms. The molecule has 0 aliphatic heterocycles. The van der Waals surface area contributed by atoms with E-state index in [0.29, 0.717) is 17.8 Å². The summed E-state index contributed by atoms with van der Waals surface area (Å²) < 4.78 is 5.09. The van der Waals surface area contributed by atoms with E-state index in [9.17, 15) is 0 Å². The number of rotatable bonds is 5. The summed E-state index contributed by atoms with van der Waals surface area (Å²) in [6.45, 7) is 9.09. The number of nitrogens with zero attached hydrogens (tertiary/aromatic N) is 2. The Morgan fingerprint density at radius 2 is 1.84 bits per heavy atom. The smallest absolute Gasteiger partial charge is 0.227 e. The number of aryl methyl sites for hydroxylation is 3. The lowest BCUT2D eigenvalue weighted by Crippen LogP contribution is -2.21. The second-order valence-electron chi connectivity index (χ2n) is 5.08. The Labute approximate surface area is 114 Å². The van der Waals surface area contributed by atoms with Crippen LogP contribution in [0.5, 0.6) is 0 Å². The van der Waals surface area contributed by atoms with Crippen molar-refractivity contribution in [1.82, 2.24) is 15.5 Å². The monoisotopic (exact) mass is 259 g/mol. The standard InChI is InChI=1S/C15H21N3O/c1-10-7-11(2)9-14(8-10)12(3)16-6-5-15-17-13(4)18-19-15/h7-9,12,16H,5-6H2,1-4H3. The summed E-state index contributed by atoms with van der Waals surface area (Å²) in [5.41, 5.74) is 3.92. The third-order valence-corrected chi connectivity index (χ3v) is 3.10. The number of hydrogen-bond acceptors (Lipinski definition) is 4. The minimum atomic E-state index is 0.322. The molecule has 1 aromatic heterocycles. The fourth-order valence-electron chi connectivity index (χ4n) is 2.21.